The minimum Gasteiger partial charge on any atom is -0.346 e. The lowest BCUT2D eigenvalue weighted by atomic mass is 10.3. The molecule has 26 heavy (non-hydrogen) atoms. The van der Waals surface area contributed by atoms with Gasteiger partial charge in [0.25, 0.3) is 11.5 Å². The number of rotatable bonds is 7. The van der Waals surface area contributed by atoms with Crippen molar-refractivity contribution in [2.24, 2.45) is 10.3 Å². The van der Waals surface area contributed by atoms with E-state index in [1.807, 2.05) is 0 Å². The normalized spacial score (nSPS) is 11.0. The maximum Gasteiger partial charge on any atom is 0.317 e. The zero-order valence-electron chi connectivity index (χ0n) is 12.6. The predicted molar refractivity (Wildman–Crippen MR) is 84.3 cm³/mol. The van der Waals surface area contributed by atoms with Crippen LogP contribution in [0.2, 0.25) is 0 Å². The highest BCUT2D eigenvalue weighted by Crippen LogP contribution is 2.30. The van der Waals surface area contributed by atoms with Gasteiger partial charge < -0.3 is 9.68 Å². The quantitative estimate of drug-likeness (QED) is 0.420. The number of nitrogens with zero attached hydrogens (tertiary/aromatic N) is 4. The number of nitro benzene ring substituents is 2. The first-order valence-electron chi connectivity index (χ1n) is 6.67. The Labute approximate surface area is 143 Å². The number of hydrogen-bond acceptors (Lipinski definition) is 8. The van der Waals surface area contributed by atoms with Crippen LogP contribution < -0.4 is 9.68 Å². The average molecular weight is 366 g/mol. The van der Waals surface area contributed by atoms with Crippen molar-refractivity contribution in [3.05, 3.63) is 68.3 Å². The number of halogens is 2. The van der Waals surface area contributed by atoms with Crippen LogP contribution in [0.25, 0.3) is 0 Å². The molecule has 2 aromatic carbocycles. The van der Waals surface area contributed by atoms with Crippen LogP contribution in [0.15, 0.2) is 46.7 Å². The number of nitro groups is 2. The van der Waals surface area contributed by atoms with Crippen LogP contribution >= 0.6 is 0 Å². The molecular formula is C14H8F2N4O6. The largest absolute Gasteiger partial charge is 0.346 e. The highest BCUT2D eigenvalue weighted by Gasteiger charge is 2.20. The Hall–Kier alpha value is -3.96. The van der Waals surface area contributed by atoms with Gasteiger partial charge in [0.15, 0.2) is 11.6 Å². The van der Waals surface area contributed by atoms with E-state index in [4.69, 9.17) is 0 Å². The monoisotopic (exact) mass is 366 g/mol. The summed E-state index contributed by atoms with van der Waals surface area (Å²) in [6.07, 6.45) is 1.62. The number of benzene rings is 2. The van der Waals surface area contributed by atoms with Gasteiger partial charge in [0.05, 0.1) is 22.3 Å². The third kappa shape index (κ3) is 4.31. The lowest BCUT2D eigenvalue weighted by Crippen LogP contribution is -1.97. The van der Waals surface area contributed by atoms with Gasteiger partial charge in [0, 0.05) is 12.1 Å². The first-order chi connectivity index (χ1) is 12.4. The predicted octanol–water partition coefficient (Wildman–Crippen LogP) is 3.21. The smallest absolute Gasteiger partial charge is 0.317 e. The van der Waals surface area contributed by atoms with E-state index < -0.39 is 44.4 Å². The lowest BCUT2D eigenvalue weighted by molar-refractivity contribution is -0.386. The van der Waals surface area contributed by atoms with Crippen molar-refractivity contribution in [2.75, 3.05) is 0 Å². The molecule has 0 aliphatic carbocycles. The maximum absolute atomic E-state index is 13.5. The maximum atomic E-state index is 13.5. The number of hydrogen-bond donors (Lipinski definition) is 0. The van der Waals surface area contributed by atoms with Gasteiger partial charge in [-0.3, -0.25) is 20.2 Å². The summed E-state index contributed by atoms with van der Waals surface area (Å²) < 4.78 is 27.0. The number of para-hydroxylation sites is 2. The van der Waals surface area contributed by atoms with Crippen molar-refractivity contribution < 1.29 is 28.3 Å². The molecular weight excluding hydrogens is 358 g/mol. The fraction of sp³-hybridized carbons (Fsp3) is 0. The van der Waals surface area contributed by atoms with Crippen molar-refractivity contribution >= 4 is 23.8 Å². The van der Waals surface area contributed by atoms with Crippen LogP contribution in [0.4, 0.5) is 20.2 Å². The van der Waals surface area contributed by atoms with Gasteiger partial charge in [0.2, 0.25) is 0 Å². The second-order valence-corrected chi connectivity index (χ2v) is 4.38. The second kappa shape index (κ2) is 8.23. The van der Waals surface area contributed by atoms with E-state index in [0.717, 1.165) is 48.8 Å². The SMILES string of the molecule is O=[N+]([O-])c1cccc(F)c1O/N=C/C=N/Oc1c(F)cccc1[N+](=O)[O-]. The van der Waals surface area contributed by atoms with E-state index in [0.29, 0.717) is 0 Å². The van der Waals surface area contributed by atoms with Crippen LogP contribution in [0.3, 0.4) is 0 Å². The van der Waals surface area contributed by atoms with Gasteiger partial charge in [-0.1, -0.05) is 22.4 Å². The van der Waals surface area contributed by atoms with Crippen molar-refractivity contribution in [3.63, 3.8) is 0 Å². The highest BCUT2D eigenvalue weighted by molar-refractivity contribution is 6.15. The summed E-state index contributed by atoms with van der Waals surface area (Å²) in [4.78, 5) is 29.0. The van der Waals surface area contributed by atoms with Crippen molar-refractivity contribution in [3.8, 4) is 11.5 Å². The summed E-state index contributed by atoms with van der Waals surface area (Å²) >= 11 is 0. The topological polar surface area (TPSA) is 129 Å². The van der Waals surface area contributed by atoms with Crippen molar-refractivity contribution in [1.29, 1.82) is 0 Å². The molecule has 2 rings (SSSR count). The van der Waals surface area contributed by atoms with Crippen molar-refractivity contribution in [2.45, 2.75) is 0 Å². The van der Waals surface area contributed by atoms with Gasteiger partial charge in [-0.2, -0.15) is 0 Å². The van der Waals surface area contributed by atoms with Crippen LogP contribution in [-0.2, 0) is 0 Å². The Bertz CT molecular complexity index is 830. The van der Waals surface area contributed by atoms with Crippen LogP contribution in [0, 0.1) is 31.9 Å². The van der Waals surface area contributed by atoms with Gasteiger partial charge in [-0.15, -0.1) is 0 Å². The molecule has 0 saturated heterocycles. The van der Waals surface area contributed by atoms with Crippen LogP contribution in [0.5, 0.6) is 11.5 Å². The fourth-order valence-corrected chi connectivity index (χ4v) is 1.68. The molecule has 0 saturated carbocycles. The molecule has 0 aliphatic heterocycles. The standard InChI is InChI=1S/C14H8F2N4O6/c15-9-3-1-5-11(19(21)22)13(9)25-17-7-8-18-26-14-10(16)4-2-6-12(14)20(23)24/h1-8H/b17-7+,18-8+. The molecule has 0 unspecified atom stereocenters. The summed E-state index contributed by atoms with van der Waals surface area (Å²) in [5.74, 6) is -3.45. The third-order valence-electron chi connectivity index (χ3n) is 2.76. The molecule has 0 aromatic heterocycles. The molecule has 134 valence electrons. The molecule has 2 aromatic rings. The average Bonchev–Trinajstić information content (AvgIpc) is 2.59. The summed E-state index contributed by atoms with van der Waals surface area (Å²) in [6, 6.07) is 6.16. The first kappa shape index (κ1) is 18.4. The molecule has 12 heteroatoms. The van der Waals surface area contributed by atoms with Gasteiger partial charge >= 0.3 is 11.4 Å². The van der Waals surface area contributed by atoms with E-state index in [9.17, 15) is 29.0 Å². The van der Waals surface area contributed by atoms with Gasteiger partial charge in [-0.25, -0.2) is 8.78 Å². The minimum absolute atomic E-state index is 0.641. The van der Waals surface area contributed by atoms with Crippen molar-refractivity contribution in [1.82, 2.24) is 0 Å². The molecule has 0 atom stereocenters. The molecule has 0 heterocycles. The van der Waals surface area contributed by atoms with Crippen LogP contribution in [-0.4, -0.2) is 22.3 Å². The van der Waals surface area contributed by atoms with Gasteiger partial charge in [0.1, 0.15) is 0 Å². The molecule has 0 aliphatic rings. The molecule has 10 nitrogen and oxygen atoms in total. The Kier molecular flexibility index (Phi) is 5.82. The minimum atomic E-state index is -1.01. The Balaban J connectivity index is 2.05. The Morgan fingerprint density at radius 2 is 1.19 bits per heavy atom. The van der Waals surface area contributed by atoms with E-state index >= 15 is 0 Å². The summed E-state index contributed by atoms with van der Waals surface area (Å²) in [6.45, 7) is 0. The zero-order chi connectivity index (χ0) is 19.1. The molecule has 0 fully saturated rings. The molecule has 0 spiro atoms. The second-order valence-electron chi connectivity index (χ2n) is 4.38. The molecule has 0 amide bonds. The zero-order valence-corrected chi connectivity index (χ0v) is 12.6. The molecule has 0 bridgehead atoms. The van der Waals surface area contributed by atoms with E-state index in [1.54, 1.807) is 0 Å². The van der Waals surface area contributed by atoms with Gasteiger partial charge in [-0.05, 0) is 12.1 Å². The number of oxime groups is 2. The third-order valence-corrected chi connectivity index (χ3v) is 2.76. The fourth-order valence-electron chi connectivity index (χ4n) is 1.68. The Morgan fingerprint density at radius 3 is 1.54 bits per heavy atom. The summed E-state index contributed by atoms with van der Waals surface area (Å²) in [7, 11) is 0. The summed E-state index contributed by atoms with van der Waals surface area (Å²) in [5, 5.41) is 28.0. The first-order valence-corrected chi connectivity index (χ1v) is 6.67. The summed E-state index contributed by atoms with van der Waals surface area (Å²) in [5.41, 5.74) is -1.28. The highest BCUT2D eigenvalue weighted by atomic mass is 19.1. The Morgan fingerprint density at radius 1 is 0.808 bits per heavy atom. The van der Waals surface area contributed by atoms with E-state index in [1.165, 1.54) is 0 Å². The van der Waals surface area contributed by atoms with Crippen LogP contribution in [0.1, 0.15) is 0 Å². The van der Waals surface area contributed by atoms with E-state index in [-0.39, 0.29) is 0 Å². The molecule has 0 radical (unpaired) electrons. The molecule has 0 N–H and O–H groups in total. The lowest BCUT2D eigenvalue weighted by Gasteiger charge is -2.01. The van der Waals surface area contributed by atoms with E-state index in [2.05, 4.69) is 20.0 Å².